The Hall–Kier alpha value is -2.48. The van der Waals surface area contributed by atoms with Gasteiger partial charge in [0, 0.05) is 5.69 Å². The highest BCUT2D eigenvalue weighted by Gasteiger charge is 2.33. The normalized spacial score (nSPS) is 18.1. The molecule has 1 saturated heterocycles. The number of benzene rings is 1. The Labute approximate surface area is 105 Å². The van der Waals surface area contributed by atoms with E-state index in [0.717, 1.165) is 5.69 Å². The van der Waals surface area contributed by atoms with E-state index in [1.807, 2.05) is 30.3 Å². The summed E-state index contributed by atoms with van der Waals surface area (Å²) >= 11 is 0. The molecule has 1 atom stereocenters. The van der Waals surface area contributed by atoms with E-state index in [1.54, 1.807) is 0 Å². The van der Waals surface area contributed by atoms with Gasteiger partial charge in [-0.25, -0.2) is 4.79 Å². The van der Waals surface area contributed by atoms with Crippen LogP contribution in [-0.4, -0.2) is 31.1 Å². The van der Waals surface area contributed by atoms with E-state index in [-0.39, 0.29) is 18.5 Å². The summed E-state index contributed by atoms with van der Waals surface area (Å²) in [6.45, 7) is 0.468. The largest absolute Gasteiger partial charge is 0.343 e. The van der Waals surface area contributed by atoms with Crippen LogP contribution in [-0.2, 0) is 4.79 Å². The number of nitrogens with zero attached hydrogens (tertiary/aromatic N) is 1. The molecule has 1 fully saturated rings. The first-order valence-corrected chi connectivity index (χ1v) is 5.56. The van der Waals surface area contributed by atoms with Gasteiger partial charge in [-0.05, 0) is 12.1 Å². The van der Waals surface area contributed by atoms with Crippen LogP contribution in [0.25, 0.3) is 0 Å². The summed E-state index contributed by atoms with van der Waals surface area (Å²) in [6.07, 6.45) is 5.06. The summed E-state index contributed by atoms with van der Waals surface area (Å²) in [5, 5.41) is 5.17. The number of anilines is 1. The quantitative estimate of drug-likeness (QED) is 0.752. The second-order valence-electron chi connectivity index (χ2n) is 3.87. The average Bonchev–Trinajstić information content (AvgIpc) is 2.79. The highest BCUT2D eigenvalue weighted by atomic mass is 16.2. The van der Waals surface area contributed by atoms with Crippen LogP contribution in [0.2, 0.25) is 0 Å². The van der Waals surface area contributed by atoms with E-state index in [4.69, 9.17) is 6.42 Å². The Morgan fingerprint density at radius 2 is 2.22 bits per heavy atom. The molecule has 1 aromatic carbocycles. The molecule has 5 heteroatoms. The van der Waals surface area contributed by atoms with Gasteiger partial charge in [0.1, 0.15) is 6.04 Å². The monoisotopic (exact) mass is 243 g/mol. The summed E-state index contributed by atoms with van der Waals surface area (Å²) in [5.74, 6) is 2.05. The molecule has 92 valence electrons. The minimum Gasteiger partial charge on any atom is -0.343 e. The summed E-state index contributed by atoms with van der Waals surface area (Å²) in [6, 6.07) is 8.35. The first-order valence-electron chi connectivity index (χ1n) is 5.56. The van der Waals surface area contributed by atoms with Gasteiger partial charge in [0.05, 0.1) is 13.1 Å². The van der Waals surface area contributed by atoms with Crippen molar-refractivity contribution in [1.29, 1.82) is 0 Å². The lowest BCUT2D eigenvalue weighted by atomic mass is 10.2. The number of hydrogen-bond acceptors (Lipinski definition) is 2. The maximum Gasteiger partial charge on any atom is 0.322 e. The number of hydrogen-bond donors (Lipinski definition) is 2. The molecule has 18 heavy (non-hydrogen) atoms. The average molecular weight is 243 g/mol. The number of nitrogens with one attached hydrogen (secondary N) is 2. The van der Waals surface area contributed by atoms with Gasteiger partial charge in [-0.3, -0.25) is 9.69 Å². The standard InChI is InChI=1S/C13H13N3O2/c1-2-8-14-12(17)11-9-16(13(18)15-11)10-6-4-3-5-7-10/h1,3-7,11H,8-9H2,(H,14,17)(H,15,18). The molecular weight excluding hydrogens is 230 g/mol. The van der Waals surface area contributed by atoms with Crippen molar-refractivity contribution in [2.24, 2.45) is 0 Å². The summed E-state index contributed by atoms with van der Waals surface area (Å²) in [4.78, 5) is 25.0. The lowest BCUT2D eigenvalue weighted by Gasteiger charge is -2.14. The fourth-order valence-electron chi connectivity index (χ4n) is 1.78. The van der Waals surface area contributed by atoms with Gasteiger partial charge in [-0.2, -0.15) is 0 Å². The van der Waals surface area contributed by atoms with Crippen LogP contribution in [0, 0.1) is 12.3 Å². The van der Waals surface area contributed by atoms with Crippen molar-refractivity contribution < 1.29 is 9.59 Å². The van der Waals surface area contributed by atoms with Gasteiger partial charge in [0.2, 0.25) is 5.91 Å². The molecule has 0 aliphatic carbocycles. The van der Waals surface area contributed by atoms with E-state index in [0.29, 0.717) is 6.54 Å². The molecule has 1 aromatic rings. The highest BCUT2D eigenvalue weighted by molar-refractivity contribution is 6.00. The third kappa shape index (κ3) is 2.43. The Bertz CT molecular complexity index is 493. The summed E-state index contributed by atoms with van der Waals surface area (Å²) < 4.78 is 0. The Morgan fingerprint density at radius 3 is 2.89 bits per heavy atom. The number of terminal acetylenes is 1. The van der Waals surface area contributed by atoms with E-state index < -0.39 is 6.04 Å². The topological polar surface area (TPSA) is 61.4 Å². The third-order valence-corrected chi connectivity index (χ3v) is 2.66. The second-order valence-corrected chi connectivity index (χ2v) is 3.87. The molecule has 1 aliphatic heterocycles. The van der Waals surface area contributed by atoms with Crippen LogP contribution in [0.3, 0.4) is 0 Å². The molecule has 0 saturated carbocycles. The van der Waals surface area contributed by atoms with Crippen LogP contribution in [0.1, 0.15) is 0 Å². The predicted molar refractivity (Wildman–Crippen MR) is 68.0 cm³/mol. The zero-order valence-electron chi connectivity index (χ0n) is 9.72. The van der Waals surface area contributed by atoms with Gasteiger partial charge < -0.3 is 10.6 Å². The SMILES string of the molecule is C#CCNC(=O)C1CN(c2ccccc2)C(=O)N1. The van der Waals surface area contributed by atoms with Crippen molar-refractivity contribution in [3.8, 4) is 12.3 Å². The fraction of sp³-hybridized carbons (Fsp3) is 0.231. The minimum atomic E-state index is -0.564. The van der Waals surface area contributed by atoms with Crippen molar-refractivity contribution in [1.82, 2.24) is 10.6 Å². The van der Waals surface area contributed by atoms with Crippen LogP contribution in [0.4, 0.5) is 10.5 Å². The first-order chi connectivity index (χ1) is 8.72. The molecule has 2 rings (SSSR count). The molecule has 0 bridgehead atoms. The van der Waals surface area contributed by atoms with Gasteiger partial charge >= 0.3 is 6.03 Å². The molecule has 0 spiro atoms. The van der Waals surface area contributed by atoms with E-state index >= 15 is 0 Å². The Balaban J connectivity index is 2.04. The molecule has 0 radical (unpaired) electrons. The van der Waals surface area contributed by atoms with Gasteiger partial charge in [0.25, 0.3) is 0 Å². The smallest absolute Gasteiger partial charge is 0.322 e. The second kappa shape index (κ2) is 5.23. The number of carbonyl (C=O) groups is 2. The summed E-state index contributed by atoms with van der Waals surface area (Å²) in [7, 11) is 0. The molecule has 1 aliphatic rings. The molecule has 5 nitrogen and oxygen atoms in total. The maximum absolute atomic E-state index is 11.8. The lowest BCUT2D eigenvalue weighted by molar-refractivity contribution is -0.122. The zero-order valence-corrected chi connectivity index (χ0v) is 9.72. The maximum atomic E-state index is 11.8. The first kappa shape index (κ1) is 12.0. The lowest BCUT2D eigenvalue weighted by Crippen LogP contribution is -2.42. The van der Waals surface area contributed by atoms with Gasteiger partial charge in [0.15, 0.2) is 0 Å². The fourth-order valence-corrected chi connectivity index (χ4v) is 1.78. The van der Waals surface area contributed by atoms with Crippen molar-refractivity contribution in [2.75, 3.05) is 18.0 Å². The molecule has 3 amide bonds. The molecule has 1 unspecified atom stereocenters. The van der Waals surface area contributed by atoms with Crippen LogP contribution >= 0.6 is 0 Å². The van der Waals surface area contributed by atoms with Crippen LogP contribution in [0.5, 0.6) is 0 Å². The highest BCUT2D eigenvalue weighted by Crippen LogP contribution is 2.17. The Morgan fingerprint density at radius 1 is 1.50 bits per heavy atom. The van der Waals surface area contributed by atoms with E-state index in [1.165, 1.54) is 4.90 Å². The van der Waals surface area contributed by atoms with Gasteiger partial charge in [-0.15, -0.1) is 6.42 Å². The van der Waals surface area contributed by atoms with Crippen LogP contribution < -0.4 is 15.5 Å². The Kier molecular flexibility index (Phi) is 3.49. The van der Waals surface area contributed by atoms with Crippen LogP contribution in [0.15, 0.2) is 30.3 Å². The van der Waals surface area contributed by atoms with Crippen molar-refractivity contribution in [3.05, 3.63) is 30.3 Å². The van der Waals surface area contributed by atoms with E-state index in [2.05, 4.69) is 16.6 Å². The number of amides is 3. The predicted octanol–water partition coefficient (Wildman–Crippen LogP) is 0.334. The molecule has 1 heterocycles. The van der Waals surface area contributed by atoms with E-state index in [9.17, 15) is 9.59 Å². The number of carbonyl (C=O) groups excluding carboxylic acids is 2. The van der Waals surface area contributed by atoms with Gasteiger partial charge in [-0.1, -0.05) is 24.1 Å². The molecule has 2 N–H and O–H groups in total. The molecular formula is C13H13N3O2. The summed E-state index contributed by atoms with van der Waals surface area (Å²) in [5.41, 5.74) is 0.766. The van der Waals surface area contributed by atoms with Crippen molar-refractivity contribution >= 4 is 17.6 Å². The third-order valence-electron chi connectivity index (χ3n) is 2.66. The van der Waals surface area contributed by atoms with Crippen molar-refractivity contribution in [3.63, 3.8) is 0 Å². The number of rotatable bonds is 3. The molecule has 0 aromatic heterocycles. The zero-order chi connectivity index (χ0) is 13.0. The van der Waals surface area contributed by atoms with Crippen molar-refractivity contribution in [2.45, 2.75) is 6.04 Å². The number of para-hydroxylation sites is 1. The number of urea groups is 1. The minimum absolute atomic E-state index is 0.163.